The van der Waals surface area contributed by atoms with E-state index in [4.69, 9.17) is 4.74 Å². The Bertz CT molecular complexity index is 822. The molecular weight excluding hydrogens is 314 g/mol. The summed E-state index contributed by atoms with van der Waals surface area (Å²) >= 11 is 1.64. The van der Waals surface area contributed by atoms with E-state index in [2.05, 4.69) is 30.4 Å². The summed E-state index contributed by atoms with van der Waals surface area (Å²) in [5.41, 5.74) is 0.753. The summed E-state index contributed by atoms with van der Waals surface area (Å²) < 4.78 is 7.00. The van der Waals surface area contributed by atoms with Crippen molar-refractivity contribution in [3.8, 4) is 5.88 Å². The zero-order valence-corrected chi connectivity index (χ0v) is 13.8. The van der Waals surface area contributed by atoms with Gasteiger partial charge >= 0.3 is 0 Å². The molecule has 0 N–H and O–H groups in total. The number of hydrogen-bond donors (Lipinski definition) is 0. The molecule has 1 fully saturated rings. The fourth-order valence-corrected chi connectivity index (χ4v) is 3.63. The number of aromatic nitrogens is 6. The van der Waals surface area contributed by atoms with E-state index >= 15 is 0 Å². The van der Waals surface area contributed by atoms with Crippen molar-refractivity contribution in [3.05, 3.63) is 23.0 Å². The van der Waals surface area contributed by atoms with Gasteiger partial charge in [-0.1, -0.05) is 11.3 Å². The molecule has 1 saturated heterocycles. The van der Waals surface area contributed by atoms with Crippen molar-refractivity contribution in [1.29, 1.82) is 0 Å². The van der Waals surface area contributed by atoms with E-state index in [1.165, 1.54) is 0 Å². The number of methoxy groups -OCH3 is 1. The van der Waals surface area contributed by atoms with Crippen molar-refractivity contribution < 1.29 is 4.74 Å². The van der Waals surface area contributed by atoms with E-state index in [9.17, 15) is 0 Å². The third-order valence-corrected chi connectivity index (χ3v) is 5.02. The third-order valence-electron chi connectivity index (χ3n) is 4.12. The van der Waals surface area contributed by atoms with Crippen LogP contribution in [0.4, 0.5) is 5.13 Å². The van der Waals surface area contributed by atoms with Gasteiger partial charge in [-0.05, 0) is 25.8 Å². The molecule has 0 saturated carbocycles. The molecule has 3 aromatic rings. The highest BCUT2D eigenvalue weighted by atomic mass is 32.1. The van der Waals surface area contributed by atoms with Gasteiger partial charge in [0.1, 0.15) is 5.01 Å². The first-order valence-corrected chi connectivity index (χ1v) is 8.37. The highest BCUT2D eigenvalue weighted by Crippen LogP contribution is 2.30. The second-order valence-electron chi connectivity index (χ2n) is 5.57. The summed E-state index contributed by atoms with van der Waals surface area (Å²) in [5, 5.41) is 23.3. The van der Waals surface area contributed by atoms with Crippen molar-refractivity contribution in [2.75, 3.05) is 25.1 Å². The van der Waals surface area contributed by atoms with Gasteiger partial charge in [0.05, 0.1) is 7.11 Å². The van der Waals surface area contributed by atoms with Gasteiger partial charge in [-0.25, -0.2) is 0 Å². The Balaban J connectivity index is 1.54. The Labute approximate surface area is 137 Å². The lowest BCUT2D eigenvalue weighted by atomic mass is 9.96. The molecule has 0 amide bonds. The maximum atomic E-state index is 5.20. The average Bonchev–Trinajstić information content (AvgIpc) is 3.20. The van der Waals surface area contributed by atoms with E-state index in [1.807, 2.05) is 13.0 Å². The van der Waals surface area contributed by atoms with Gasteiger partial charge in [0.2, 0.25) is 11.0 Å². The molecule has 9 heteroatoms. The second-order valence-corrected chi connectivity index (χ2v) is 6.73. The smallest absolute Gasteiger partial charge is 0.231 e. The number of anilines is 1. The number of rotatable bonds is 3. The molecule has 0 aliphatic carbocycles. The maximum Gasteiger partial charge on any atom is 0.231 e. The zero-order valence-electron chi connectivity index (χ0n) is 13.0. The van der Waals surface area contributed by atoms with Crippen molar-refractivity contribution in [2.24, 2.45) is 0 Å². The molecule has 120 valence electrons. The molecule has 0 spiro atoms. The number of aryl methyl sites for hydroxylation is 1. The van der Waals surface area contributed by atoms with Crippen LogP contribution >= 0.6 is 11.3 Å². The largest absolute Gasteiger partial charge is 0.480 e. The van der Waals surface area contributed by atoms with Crippen LogP contribution in [0.3, 0.4) is 0 Å². The molecule has 3 aromatic heterocycles. The van der Waals surface area contributed by atoms with Crippen molar-refractivity contribution >= 4 is 22.1 Å². The van der Waals surface area contributed by atoms with E-state index in [1.54, 1.807) is 29.0 Å². The predicted octanol–water partition coefficient (Wildman–Crippen LogP) is 1.68. The molecule has 23 heavy (non-hydrogen) atoms. The number of hydrogen-bond acceptors (Lipinski definition) is 8. The number of nitrogens with zero attached hydrogens (tertiary/aromatic N) is 7. The fraction of sp³-hybridized carbons (Fsp3) is 0.500. The van der Waals surface area contributed by atoms with Gasteiger partial charge < -0.3 is 9.64 Å². The molecule has 0 aromatic carbocycles. The van der Waals surface area contributed by atoms with Crippen LogP contribution in [0.5, 0.6) is 5.88 Å². The summed E-state index contributed by atoms with van der Waals surface area (Å²) in [4.78, 5) is 2.29. The third kappa shape index (κ3) is 2.61. The number of ether oxygens (including phenoxy) is 1. The van der Waals surface area contributed by atoms with Crippen LogP contribution in [0.15, 0.2) is 12.1 Å². The molecule has 0 bridgehead atoms. The Morgan fingerprint density at radius 2 is 1.96 bits per heavy atom. The lowest BCUT2D eigenvalue weighted by Crippen LogP contribution is -2.33. The molecular formula is C14H17N7OS. The van der Waals surface area contributed by atoms with Crippen LogP contribution in [-0.4, -0.2) is 50.2 Å². The van der Waals surface area contributed by atoms with Crippen LogP contribution in [0.1, 0.15) is 29.6 Å². The highest BCUT2D eigenvalue weighted by molar-refractivity contribution is 7.15. The quantitative estimate of drug-likeness (QED) is 0.722. The van der Waals surface area contributed by atoms with Crippen LogP contribution in [-0.2, 0) is 0 Å². The van der Waals surface area contributed by atoms with Crippen LogP contribution < -0.4 is 9.64 Å². The molecule has 4 rings (SSSR count). The second kappa shape index (κ2) is 5.73. The normalized spacial score (nSPS) is 16.2. The van der Waals surface area contributed by atoms with Gasteiger partial charge in [-0.15, -0.1) is 25.5 Å². The fourth-order valence-electron chi connectivity index (χ4n) is 2.89. The molecule has 0 radical (unpaired) electrons. The lowest BCUT2D eigenvalue weighted by Gasteiger charge is -2.30. The Morgan fingerprint density at radius 1 is 1.13 bits per heavy atom. The molecule has 0 unspecified atom stereocenters. The molecule has 1 aliphatic heterocycles. The topological polar surface area (TPSA) is 81.3 Å². The summed E-state index contributed by atoms with van der Waals surface area (Å²) in [6.45, 7) is 3.87. The van der Waals surface area contributed by atoms with Gasteiger partial charge in [0, 0.05) is 25.1 Å². The van der Waals surface area contributed by atoms with E-state index in [0.29, 0.717) is 11.8 Å². The van der Waals surface area contributed by atoms with Crippen LogP contribution in [0.25, 0.3) is 5.65 Å². The van der Waals surface area contributed by atoms with Crippen LogP contribution in [0, 0.1) is 6.92 Å². The number of piperidine rings is 1. The molecule has 4 heterocycles. The van der Waals surface area contributed by atoms with Gasteiger partial charge in [-0.3, -0.25) is 0 Å². The van der Waals surface area contributed by atoms with E-state index in [0.717, 1.165) is 47.5 Å². The Hall–Kier alpha value is -2.29. The Kier molecular flexibility index (Phi) is 3.56. The molecule has 1 aliphatic rings. The minimum absolute atomic E-state index is 0.342. The summed E-state index contributed by atoms with van der Waals surface area (Å²) in [6.07, 6.45) is 2.00. The number of fused-ring (bicyclic) bond motifs is 1. The van der Waals surface area contributed by atoms with Gasteiger partial charge in [0.15, 0.2) is 11.5 Å². The van der Waals surface area contributed by atoms with Gasteiger partial charge in [0.25, 0.3) is 0 Å². The van der Waals surface area contributed by atoms with Crippen molar-refractivity contribution in [1.82, 2.24) is 30.0 Å². The Morgan fingerprint density at radius 3 is 2.65 bits per heavy atom. The zero-order chi connectivity index (χ0) is 15.8. The monoisotopic (exact) mass is 331 g/mol. The summed E-state index contributed by atoms with van der Waals surface area (Å²) in [7, 11) is 1.61. The highest BCUT2D eigenvalue weighted by Gasteiger charge is 2.26. The summed E-state index contributed by atoms with van der Waals surface area (Å²) in [6, 6.07) is 3.68. The predicted molar refractivity (Wildman–Crippen MR) is 86.2 cm³/mol. The van der Waals surface area contributed by atoms with Crippen molar-refractivity contribution in [3.63, 3.8) is 0 Å². The molecule has 8 nitrogen and oxygen atoms in total. The standard InChI is InChI=1S/C14H17N7OS/c1-9-15-18-14(23-9)20-7-5-10(6-8-20)13-17-16-11-3-4-12(22-2)19-21(11)13/h3-4,10H,5-8H2,1-2H3. The summed E-state index contributed by atoms with van der Waals surface area (Å²) in [5.74, 6) is 1.82. The van der Waals surface area contributed by atoms with Crippen molar-refractivity contribution in [2.45, 2.75) is 25.7 Å². The first-order chi connectivity index (χ1) is 11.2. The van der Waals surface area contributed by atoms with E-state index < -0.39 is 0 Å². The SMILES string of the molecule is COc1ccc2nnc(C3CCN(c4nnc(C)s4)CC3)n2n1. The lowest BCUT2D eigenvalue weighted by molar-refractivity contribution is 0.387. The van der Waals surface area contributed by atoms with Crippen LogP contribution in [0.2, 0.25) is 0 Å². The first kappa shape index (κ1) is 14.3. The minimum atomic E-state index is 0.342. The first-order valence-electron chi connectivity index (χ1n) is 7.56. The minimum Gasteiger partial charge on any atom is -0.480 e. The van der Waals surface area contributed by atoms with E-state index in [-0.39, 0.29) is 0 Å². The van der Waals surface area contributed by atoms with Gasteiger partial charge in [-0.2, -0.15) is 4.52 Å². The maximum absolute atomic E-state index is 5.20. The molecule has 0 atom stereocenters. The average molecular weight is 331 g/mol.